The summed E-state index contributed by atoms with van der Waals surface area (Å²) in [5.74, 6) is 6.42. The molecule has 0 fully saturated rings. The van der Waals surface area contributed by atoms with Gasteiger partial charge in [0.1, 0.15) is 5.69 Å². The van der Waals surface area contributed by atoms with Crippen LogP contribution >= 0.6 is 23.2 Å². The van der Waals surface area contributed by atoms with Crippen molar-refractivity contribution in [3.63, 3.8) is 0 Å². The van der Waals surface area contributed by atoms with Gasteiger partial charge in [0, 0.05) is 18.5 Å². The third kappa shape index (κ3) is 3.26. The number of nitrogens with zero attached hydrogens (tertiary/aromatic N) is 1. The van der Waals surface area contributed by atoms with Crippen molar-refractivity contribution in [2.75, 3.05) is 5.88 Å². The maximum atomic E-state index is 5.75. The maximum Gasteiger partial charge on any atom is 0.116 e. The second-order valence-corrected chi connectivity index (χ2v) is 3.37. The normalized spacial score (nSPS) is 9.15. The van der Waals surface area contributed by atoms with Crippen LogP contribution in [0, 0.1) is 18.8 Å². The number of aryl methyl sites for hydroxylation is 1. The monoisotopic (exact) mass is 213 g/mol. The third-order valence-corrected chi connectivity index (χ3v) is 1.87. The molecule has 1 aromatic rings. The summed E-state index contributed by atoms with van der Waals surface area (Å²) < 4.78 is 0. The highest BCUT2D eigenvalue weighted by Crippen LogP contribution is 2.10. The first kappa shape index (κ1) is 10.4. The zero-order valence-corrected chi connectivity index (χ0v) is 8.78. The fraction of sp³-hybridized carbons (Fsp3) is 0.300. The number of alkyl halides is 1. The highest BCUT2D eigenvalue weighted by atomic mass is 35.5. The standard InChI is InChI=1S/C10H9Cl2N/c1-8-6-9(12)7-13-10(8)4-2-3-5-11/h6-7H,3,5H2,1H3. The van der Waals surface area contributed by atoms with Crippen LogP contribution < -0.4 is 0 Å². The number of pyridine rings is 1. The lowest BCUT2D eigenvalue weighted by Crippen LogP contribution is -1.87. The smallest absolute Gasteiger partial charge is 0.116 e. The summed E-state index contributed by atoms with van der Waals surface area (Å²) in [5, 5.41) is 0.639. The Hall–Kier alpha value is -0.710. The molecular weight excluding hydrogens is 205 g/mol. The van der Waals surface area contributed by atoms with Crippen molar-refractivity contribution in [3.05, 3.63) is 28.5 Å². The second kappa shape index (κ2) is 5.11. The van der Waals surface area contributed by atoms with Gasteiger partial charge in [0.2, 0.25) is 0 Å². The molecule has 1 rings (SSSR count). The average molecular weight is 214 g/mol. The predicted molar refractivity (Wildman–Crippen MR) is 56.2 cm³/mol. The van der Waals surface area contributed by atoms with Gasteiger partial charge in [-0.25, -0.2) is 4.98 Å². The van der Waals surface area contributed by atoms with Crippen LogP contribution in [-0.2, 0) is 0 Å². The molecule has 0 spiro atoms. The van der Waals surface area contributed by atoms with Crippen LogP contribution in [0.3, 0.4) is 0 Å². The highest BCUT2D eigenvalue weighted by molar-refractivity contribution is 6.30. The van der Waals surface area contributed by atoms with Gasteiger partial charge in [-0.1, -0.05) is 17.5 Å². The van der Waals surface area contributed by atoms with Crippen molar-refractivity contribution >= 4 is 23.2 Å². The number of aromatic nitrogens is 1. The van der Waals surface area contributed by atoms with Gasteiger partial charge >= 0.3 is 0 Å². The molecule has 0 unspecified atom stereocenters. The summed E-state index contributed by atoms with van der Waals surface area (Å²) in [5.41, 5.74) is 1.77. The van der Waals surface area contributed by atoms with Crippen LogP contribution in [0.1, 0.15) is 17.7 Å². The van der Waals surface area contributed by atoms with Crippen molar-refractivity contribution < 1.29 is 0 Å². The van der Waals surface area contributed by atoms with Gasteiger partial charge in [-0.3, -0.25) is 0 Å². The van der Waals surface area contributed by atoms with E-state index in [-0.39, 0.29) is 0 Å². The Morgan fingerprint density at radius 3 is 2.92 bits per heavy atom. The SMILES string of the molecule is Cc1cc(Cl)cnc1C#CCCCl. The summed E-state index contributed by atoms with van der Waals surface area (Å²) >= 11 is 11.2. The molecule has 0 radical (unpaired) electrons. The first-order valence-corrected chi connectivity index (χ1v) is 4.82. The first-order valence-electron chi connectivity index (χ1n) is 3.91. The van der Waals surface area contributed by atoms with Crippen molar-refractivity contribution in [1.29, 1.82) is 0 Å². The molecule has 0 saturated carbocycles. The summed E-state index contributed by atoms with van der Waals surface area (Å²) in [7, 11) is 0. The molecular formula is C10H9Cl2N. The van der Waals surface area contributed by atoms with E-state index in [9.17, 15) is 0 Å². The van der Waals surface area contributed by atoms with Gasteiger partial charge in [0.15, 0.2) is 0 Å². The Kier molecular flexibility index (Phi) is 4.08. The molecule has 0 saturated heterocycles. The highest BCUT2D eigenvalue weighted by Gasteiger charge is 1.95. The van der Waals surface area contributed by atoms with Crippen molar-refractivity contribution in [2.45, 2.75) is 13.3 Å². The molecule has 0 atom stereocenters. The van der Waals surface area contributed by atoms with Crippen LogP contribution in [0.5, 0.6) is 0 Å². The minimum Gasteiger partial charge on any atom is -0.246 e. The van der Waals surface area contributed by atoms with E-state index in [0.717, 1.165) is 11.3 Å². The lowest BCUT2D eigenvalue weighted by molar-refractivity contribution is 1.22. The van der Waals surface area contributed by atoms with Gasteiger partial charge in [0.25, 0.3) is 0 Å². The molecule has 68 valence electrons. The minimum atomic E-state index is 0.555. The summed E-state index contributed by atoms with van der Waals surface area (Å²) in [6.07, 6.45) is 2.28. The van der Waals surface area contributed by atoms with E-state index in [1.165, 1.54) is 0 Å². The molecule has 13 heavy (non-hydrogen) atoms. The molecule has 3 heteroatoms. The quantitative estimate of drug-likeness (QED) is 0.517. The van der Waals surface area contributed by atoms with Crippen molar-refractivity contribution in [1.82, 2.24) is 4.98 Å². The largest absolute Gasteiger partial charge is 0.246 e. The van der Waals surface area contributed by atoms with E-state index in [0.29, 0.717) is 17.3 Å². The molecule has 1 heterocycles. The average Bonchev–Trinajstić information content (AvgIpc) is 2.09. The zero-order chi connectivity index (χ0) is 9.68. The van der Waals surface area contributed by atoms with Gasteiger partial charge in [0.05, 0.1) is 5.02 Å². The fourth-order valence-electron chi connectivity index (χ4n) is 0.865. The molecule has 1 aromatic heterocycles. The van der Waals surface area contributed by atoms with Crippen LogP contribution in [0.15, 0.2) is 12.3 Å². The molecule has 0 bridgehead atoms. The Bertz CT molecular complexity index is 350. The van der Waals surface area contributed by atoms with E-state index < -0.39 is 0 Å². The van der Waals surface area contributed by atoms with E-state index in [1.54, 1.807) is 6.20 Å². The number of hydrogen-bond donors (Lipinski definition) is 0. The second-order valence-electron chi connectivity index (χ2n) is 2.56. The van der Waals surface area contributed by atoms with Crippen molar-refractivity contribution in [2.24, 2.45) is 0 Å². The van der Waals surface area contributed by atoms with E-state index in [4.69, 9.17) is 23.2 Å². The number of halogens is 2. The third-order valence-electron chi connectivity index (χ3n) is 1.47. The zero-order valence-electron chi connectivity index (χ0n) is 7.27. The van der Waals surface area contributed by atoms with Gasteiger partial charge in [-0.05, 0) is 24.5 Å². The van der Waals surface area contributed by atoms with E-state index in [2.05, 4.69) is 16.8 Å². The summed E-state index contributed by atoms with van der Waals surface area (Å²) in [6, 6.07) is 1.85. The van der Waals surface area contributed by atoms with Gasteiger partial charge in [-0.15, -0.1) is 11.6 Å². The Morgan fingerprint density at radius 1 is 1.54 bits per heavy atom. The van der Waals surface area contributed by atoms with Crippen LogP contribution in [0.25, 0.3) is 0 Å². The number of hydrogen-bond acceptors (Lipinski definition) is 1. The molecule has 0 aliphatic carbocycles. The van der Waals surface area contributed by atoms with Gasteiger partial charge in [-0.2, -0.15) is 0 Å². The minimum absolute atomic E-state index is 0.555. The Balaban J connectivity index is 2.85. The topological polar surface area (TPSA) is 12.9 Å². The molecule has 0 aliphatic heterocycles. The fourth-order valence-corrected chi connectivity index (χ4v) is 1.17. The Labute approximate surface area is 88.1 Å². The first-order chi connectivity index (χ1) is 6.24. The predicted octanol–water partition coefficient (Wildman–Crippen LogP) is 3.02. The maximum absolute atomic E-state index is 5.75. The summed E-state index contributed by atoms with van der Waals surface area (Å²) in [4.78, 5) is 4.10. The summed E-state index contributed by atoms with van der Waals surface area (Å²) in [6.45, 7) is 1.93. The van der Waals surface area contributed by atoms with Crippen LogP contribution in [-0.4, -0.2) is 10.9 Å². The van der Waals surface area contributed by atoms with E-state index in [1.807, 2.05) is 13.0 Å². The van der Waals surface area contributed by atoms with Crippen LogP contribution in [0.2, 0.25) is 5.02 Å². The lowest BCUT2D eigenvalue weighted by Gasteiger charge is -1.96. The molecule has 0 aromatic carbocycles. The number of rotatable bonds is 1. The molecule has 0 N–H and O–H groups in total. The van der Waals surface area contributed by atoms with E-state index >= 15 is 0 Å². The molecule has 0 amide bonds. The molecule has 0 aliphatic rings. The lowest BCUT2D eigenvalue weighted by atomic mass is 10.2. The molecule has 1 nitrogen and oxygen atoms in total. The van der Waals surface area contributed by atoms with Crippen molar-refractivity contribution in [3.8, 4) is 11.8 Å². The van der Waals surface area contributed by atoms with Gasteiger partial charge < -0.3 is 0 Å². The Morgan fingerprint density at radius 2 is 2.31 bits per heavy atom. The van der Waals surface area contributed by atoms with Crippen LogP contribution in [0.4, 0.5) is 0 Å².